The topological polar surface area (TPSA) is 69.9 Å². The molecule has 0 aromatic heterocycles. The Bertz CT molecular complexity index is 442. The van der Waals surface area contributed by atoms with Crippen molar-refractivity contribution in [3.63, 3.8) is 0 Å². The lowest BCUT2D eigenvalue weighted by Crippen LogP contribution is -2.35. The van der Waals surface area contributed by atoms with E-state index in [0.717, 1.165) is 0 Å². The molecule has 0 spiro atoms. The molecule has 6 atom stereocenters. The van der Waals surface area contributed by atoms with E-state index >= 15 is 0 Å². The van der Waals surface area contributed by atoms with Crippen LogP contribution in [0.5, 0.6) is 0 Å². The molecule has 0 saturated carbocycles. The Balaban J connectivity index is 2.21. The quantitative estimate of drug-likeness (QED) is 0.657. The Hall–Kier alpha value is -0.580. The molecule has 1 saturated heterocycles. The highest BCUT2D eigenvalue weighted by Crippen LogP contribution is 2.30. The van der Waals surface area contributed by atoms with E-state index in [0.29, 0.717) is 10.9 Å². The SMILES string of the molecule is C[C@@H]1O[C@H]([C@H](O)c2ccc(P)c(F)c2)[C@@H](O)[C@H]1O. The van der Waals surface area contributed by atoms with Crippen LogP contribution in [-0.4, -0.2) is 39.7 Å². The van der Waals surface area contributed by atoms with Gasteiger partial charge in [-0.2, -0.15) is 0 Å². The molecule has 0 aliphatic carbocycles. The summed E-state index contributed by atoms with van der Waals surface area (Å²) in [6, 6.07) is 4.26. The van der Waals surface area contributed by atoms with Crippen molar-refractivity contribution in [1.29, 1.82) is 0 Å². The second-order valence-electron chi connectivity index (χ2n) is 4.51. The van der Waals surface area contributed by atoms with Crippen LogP contribution in [0.2, 0.25) is 0 Å². The fourth-order valence-electron chi connectivity index (χ4n) is 2.06. The molecule has 3 N–H and O–H groups in total. The third-order valence-corrected chi connectivity index (χ3v) is 3.68. The third kappa shape index (κ3) is 2.42. The predicted molar refractivity (Wildman–Crippen MR) is 67.1 cm³/mol. The zero-order chi connectivity index (χ0) is 13.4. The maximum atomic E-state index is 13.4. The molecule has 4 nitrogen and oxygen atoms in total. The molecule has 1 aliphatic rings. The molecule has 0 bridgehead atoms. The van der Waals surface area contributed by atoms with Gasteiger partial charge in [0.2, 0.25) is 0 Å². The first-order valence-corrected chi connectivity index (χ1v) is 6.24. The summed E-state index contributed by atoms with van der Waals surface area (Å²) in [6.45, 7) is 1.60. The van der Waals surface area contributed by atoms with Gasteiger partial charge < -0.3 is 20.1 Å². The van der Waals surface area contributed by atoms with Crippen LogP contribution in [0.15, 0.2) is 18.2 Å². The number of hydrogen-bond donors (Lipinski definition) is 3. The fourth-order valence-corrected chi connectivity index (χ4v) is 2.24. The van der Waals surface area contributed by atoms with Gasteiger partial charge in [-0.25, -0.2) is 4.39 Å². The van der Waals surface area contributed by atoms with Crippen LogP contribution >= 0.6 is 9.24 Å². The van der Waals surface area contributed by atoms with Crippen molar-refractivity contribution in [2.24, 2.45) is 0 Å². The van der Waals surface area contributed by atoms with Gasteiger partial charge in [0.15, 0.2) is 0 Å². The summed E-state index contributed by atoms with van der Waals surface area (Å²) in [6.07, 6.45) is -4.93. The van der Waals surface area contributed by atoms with Crippen LogP contribution in [0.1, 0.15) is 18.6 Å². The van der Waals surface area contributed by atoms with Gasteiger partial charge in [-0.3, -0.25) is 0 Å². The van der Waals surface area contributed by atoms with Gasteiger partial charge >= 0.3 is 0 Å². The standard InChI is InChI=1S/C12H16FO4P/c1-5-9(14)11(16)12(17-5)10(15)6-2-3-8(18)7(13)4-6/h2-5,9-12,14-16H,18H2,1H3/t5-,9-,10+,11-,12+/m0/s1. The summed E-state index contributed by atoms with van der Waals surface area (Å²) in [5, 5.41) is 29.8. The van der Waals surface area contributed by atoms with Gasteiger partial charge in [-0.15, -0.1) is 9.24 Å². The van der Waals surface area contributed by atoms with Gasteiger partial charge in [0.05, 0.1) is 6.10 Å². The zero-order valence-electron chi connectivity index (χ0n) is 9.82. The number of hydrogen-bond acceptors (Lipinski definition) is 4. The molecule has 1 unspecified atom stereocenters. The Morgan fingerprint density at radius 1 is 1.33 bits per heavy atom. The van der Waals surface area contributed by atoms with Crippen LogP contribution in [0.3, 0.4) is 0 Å². The third-order valence-electron chi connectivity index (χ3n) is 3.22. The van der Waals surface area contributed by atoms with Gasteiger partial charge in [0, 0.05) is 5.30 Å². The van der Waals surface area contributed by atoms with E-state index in [1.165, 1.54) is 12.1 Å². The summed E-state index contributed by atoms with van der Waals surface area (Å²) in [5.41, 5.74) is 0.309. The van der Waals surface area contributed by atoms with E-state index in [1.54, 1.807) is 13.0 Å². The maximum Gasteiger partial charge on any atom is 0.130 e. The molecule has 1 heterocycles. The van der Waals surface area contributed by atoms with E-state index in [-0.39, 0.29) is 0 Å². The highest BCUT2D eigenvalue weighted by atomic mass is 31.0. The summed E-state index contributed by atoms with van der Waals surface area (Å²) >= 11 is 0. The maximum absolute atomic E-state index is 13.4. The van der Waals surface area contributed by atoms with E-state index in [9.17, 15) is 19.7 Å². The van der Waals surface area contributed by atoms with Gasteiger partial charge in [0.25, 0.3) is 0 Å². The largest absolute Gasteiger partial charge is 0.388 e. The number of benzene rings is 1. The molecule has 0 radical (unpaired) electrons. The normalized spacial score (nSPS) is 33.7. The minimum Gasteiger partial charge on any atom is -0.388 e. The first-order chi connectivity index (χ1) is 8.41. The smallest absolute Gasteiger partial charge is 0.130 e. The minimum absolute atomic E-state index is 0.309. The minimum atomic E-state index is -1.19. The van der Waals surface area contributed by atoms with E-state index in [2.05, 4.69) is 9.24 Å². The molecule has 1 aliphatic heterocycles. The average molecular weight is 274 g/mol. The summed E-state index contributed by atoms with van der Waals surface area (Å²) in [4.78, 5) is 0. The Labute approximate surface area is 107 Å². The molecule has 1 aromatic carbocycles. The molecule has 0 amide bonds. The molecular weight excluding hydrogens is 258 g/mol. The lowest BCUT2D eigenvalue weighted by atomic mass is 9.98. The van der Waals surface area contributed by atoms with Crippen molar-refractivity contribution in [3.05, 3.63) is 29.6 Å². The number of halogens is 1. The van der Waals surface area contributed by atoms with Crippen LogP contribution in [-0.2, 0) is 4.74 Å². The molecular formula is C12H16FO4P. The number of ether oxygens (including phenoxy) is 1. The van der Waals surface area contributed by atoms with Crippen LogP contribution in [0.25, 0.3) is 0 Å². The van der Waals surface area contributed by atoms with Crippen molar-refractivity contribution in [2.75, 3.05) is 0 Å². The van der Waals surface area contributed by atoms with Gasteiger partial charge in [-0.1, -0.05) is 12.1 Å². The average Bonchev–Trinajstić information content (AvgIpc) is 2.60. The van der Waals surface area contributed by atoms with Gasteiger partial charge in [0.1, 0.15) is 30.2 Å². The summed E-state index contributed by atoms with van der Waals surface area (Å²) in [7, 11) is 2.24. The molecule has 1 aromatic rings. The zero-order valence-corrected chi connectivity index (χ0v) is 11.0. The molecule has 100 valence electrons. The Morgan fingerprint density at radius 2 is 2.00 bits per heavy atom. The van der Waals surface area contributed by atoms with Gasteiger partial charge in [-0.05, 0) is 18.6 Å². The van der Waals surface area contributed by atoms with Crippen molar-refractivity contribution < 1.29 is 24.4 Å². The lowest BCUT2D eigenvalue weighted by molar-refractivity contribution is -0.0636. The second-order valence-corrected chi connectivity index (χ2v) is 5.13. The Morgan fingerprint density at radius 3 is 2.50 bits per heavy atom. The molecule has 2 rings (SSSR count). The molecule has 6 heteroatoms. The van der Waals surface area contributed by atoms with Crippen molar-refractivity contribution in [2.45, 2.75) is 37.4 Å². The highest BCUT2D eigenvalue weighted by Gasteiger charge is 2.44. The van der Waals surface area contributed by atoms with E-state index in [4.69, 9.17) is 4.74 Å². The van der Waals surface area contributed by atoms with E-state index < -0.39 is 36.3 Å². The Kier molecular flexibility index (Phi) is 3.99. The second kappa shape index (κ2) is 5.19. The lowest BCUT2D eigenvalue weighted by Gasteiger charge is -2.21. The number of rotatable bonds is 2. The first-order valence-electron chi connectivity index (χ1n) is 5.66. The highest BCUT2D eigenvalue weighted by molar-refractivity contribution is 7.27. The number of aliphatic hydroxyl groups is 3. The van der Waals surface area contributed by atoms with Crippen molar-refractivity contribution in [1.82, 2.24) is 0 Å². The van der Waals surface area contributed by atoms with Crippen molar-refractivity contribution >= 4 is 14.5 Å². The number of aliphatic hydroxyl groups excluding tert-OH is 3. The van der Waals surface area contributed by atoms with Crippen LogP contribution in [0, 0.1) is 5.82 Å². The summed E-state index contributed by atoms with van der Waals surface area (Å²) < 4.78 is 18.7. The van der Waals surface area contributed by atoms with Crippen LogP contribution < -0.4 is 5.30 Å². The first kappa shape index (κ1) is 13.8. The molecule has 18 heavy (non-hydrogen) atoms. The predicted octanol–water partition coefficient (Wildman–Crippen LogP) is -0.131. The van der Waals surface area contributed by atoms with E-state index in [1.807, 2.05) is 0 Å². The van der Waals surface area contributed by atoms with Crippen LogP contribution in [0.4, 0.5) is 4.39 Å². The monoisotopic (exact) mass is 274 g/mol. The summed E-state index contributed by atoms with van der Waals surface area (Å²) in [5.74, 6) is -0.461. The molecule has 1 fully saturated rings. The van der Waals surface area contributed by atoms with Crippen molar-refractivity contribution in [3.8, 4) is 0 Å². The fraction of sp³-hybridized carbons (Fsp3) is 0.500.